The van der Waals surface area contributed by atoms with Crippen molar-refractivity contribution in [3.05, 3.63) is 26.4 Å². The van der Waals surface area contributed by atoms with Crippen molar-refractivity contribution in [2.45, 2.75) is 37.0 Å². The lowest BCUT2D eigenvalue weighted by molar-refractivity contribution is 0.0702. The molecule has 0 saturated carbocycles. The summed E-state index contributed by atoms with van der Waals surface area (Å²) in [5.74, 6) is -1.13. The lowest BCUT2D eigenvalue weighted by Crippen LogP contribution is -2.25. The molecule has 116 valence electrons. The number of allylic oxidation sites excluding steroid dienone is 1. The highest BCUT2D eigenvalue weighted by Crippen LogP contribution is 2.31. The number of aromatic carboxylic acids is 1. The normalized spacial score (nSPS) is 15.8. The summed E-state index contributed by atoms with van der Waals surface area (Å²) < 4.78 is 27.2. The zero-order valence-electron chi connectivity index (χ0n) is 11.3. The zero-order valence-corrected chi connectivity index (χ0v) is 14.5. The number of carbonyl (C=O) groups is 1. The number of thiophene rings is 1. The number of hydrogen-bond donors (Lipinski definition) is 2. The van der Waals surface area contributed by atoms with Gasteiger partial charge in [0.25, 0.3) is 0 Å². The predicted molar refractivity (Wildman–Crippen MR) is 85.3 cm³/mol. The number of hydrogen-bond acceptors (Lipinski definition) is 4. The third kappa shape index (κ3) is 4.38. The maximum atomic E-state index is 12.2. The van der Waals surface area contributed by atoms with E-state index in [9.17, 15) is 13.2 Å². The Balaban J connectivity index is 2.01. The molecule has 2 N–H and O–H groups in total. The van der Waals surface area contributed by atoms with Gasteiger partial charge >= 0.3 is 5.97 Å². The fourth-order valence-corrected chi connectivity index (χ4v) is 5.63. The second kappa shape index (κ2) is 7.04. The minimum Gasteiger partial charge on any atom is -0.477 e. The van der Waals surface area contributed by atoms with Gasteiger partial charge in [0.15, 0.2) is 0 Å². The minimum atomic E-state index is -3.68. The summed E-state index contributed by atoms with van der Waals surface area (Å²) in [7, 11) is -3.68. The van der Waals surface area contributed by atoms with Crippen LogP contribution in [0.1, 0.15) is 41.8 Å². The second-order valence-electron chi connectivity index (χ2n) is 4.81. The van der Waals surface area contributed by atoms with Crippen molar-refractivity contribution in [3.8, 4) is 0 Å². The maximum Gasteiger partial charge on any atom is 0.345 e. The van der Waals surface area contributed by atoms with Crippen LogP contribution < -0.4 is 4.72 Å². The molecule has 0 spiro atoms. The van der Waals surface area contributed by atoms with Gasteiger partial charge in [0.1, 0.15) is 9.77 Å². The predicted octanol–water partition coefficient (Wildman–Crippen LogP) is 3.38. The molecule has 21 heavy (non-hydrogen) atoms. The van der Waals surface area contributed by atoms with E-state index >= 15 is 0 Å². The SMILES string of the molecule is O=C(O)c1cc(S(=O)(=O)NCCC2=CCCCC2)c(Br)s1. The summed E-state index contributed by atoms with van der Waals surface area (Å²) >= 11 is 4.01. The second-order valence-corrected chi connectivity index (χ2v) is 8.92. The molecule has 0 aromatic carbocycles. The van der Waals surface area contributed by atoms with Gasteiger partial charge in [0, 0.05) is 6.54 Å². The summed E-state index contributed by atoms with van der Waals surface area (Å²) in [6, 6.07) is 1.18. The highest BCUT2D eigenvalue weighted by Gasteiger charge is 2.22. The smallest absolute Gasteiger partial charge is 0.345 e. The summed E-state index contributed by atoms with van der Waals surface area (Å²) in [6.07, 6.45) is 7.35. The van der Waals surface area contributed by atoms with Crippen LogP contribution in [0.4, 0.5) is 0 Å². The first kappa shape index (κ1) is 16.7. The highest BCUT2D eigenvalue weighted by atomic mass is 79.9. The van der Waals surface area contributed by atoms with Crippen LogP contribution in [0.25, 0.3) is 0 Å². The van der Waals surface area contributed by atoms with Crippen molar-refractivity contribution in [1.29, 1.82) is 0 Å². The van der Waals surface area contributed by atoms with E-state index < -0.39 is 16.0 Å². The van der Waals surface area contributed by atoms with E-state index in [0.717, 1.165) is 30.6 Å². The van der Waals surface area contributed by atoms with Crippen molar-refractivity contribution in [2.75, 3.05) is 6.54 Å². The number of nitrogens with one attached hydrogen (secondary N) is 1. The first-order valence-electron chi connectivity index (χ1n) is 6.60. The van der Waals surface area contributed by atoms with E-state index in [1.165, 1.54) is 18.1 Å². The van der Waals surface area contributed by atoms with Gasteiger partial charge in [-0.1, -0.05) is 11.6 Å². The fraction of sp³-hybridized carbons (Fsp3) is 0.462. The van der Waals surface area contributed by atoms with Gasteiger partial charge in [0.05, 0.1) is 3.79 Å². The van der Waals surface area contributed by atoms with Crippen molar-refractivity contribution in [2.24, 2.45) is 0 Å². The molecular formula is C13H16BrNO4S2. The Bertz CT molecular complexity index is 664. The minimum absolute atomic E-state index is 0.00256. The van der Waals surface area contributed by atoms with E-state index in [0.29, 0.717) is 16.8 Å². The number of sulfonamides is 1. The van der Waals surface area contributed by atoms with Crippen LogP contribution in [0, 0.1) is 0 Å². The first-order chi connectivity index (χ1) is 9.90. The standard InChI is InChI=1S/C13H16BrNO4S2/c14-12-11(8-10(20-12)13(16)17)21(18,19)15-7-6-9-4-2-1-3-5-9/h4,8,15H,1-3,5-7H2,(H,16,17). The third-order valence-corrected chi connectivity index (χ3v) is 6.98. The van der Waals surface area contributed by atoms with Crippen molar-refractivity contribution < 1.29 is 18.3 Å². The fourth-order valence-electron chi connectivity index (χ4n) is 2.20. The molecule has 1 aromatic heterocycles. The molecule has 0 unspecified atom stereocenters. The van der Waals surface area contributed by atoms with Crippen molar-refractivity contribution in [1.82, 2.24) is 4.72 Å². The van der Waals surface area contributed by atoms with E-state index in [2.05, 4.69) is 26.7 Å². The molecule has 5 nitrogen and oxygen atoms in total. The third-order valence-electron chi connectivity index (χ3n) is 3.28. The summed E-state index contributed by atoms with van der Waals surface area (Å²) in [4.78, 5) is 10.9. The van der Waals surface area contributed by atoms with Crippen LogP contribution in [0.3, 0.4) is 0 Å². The Morgan fingerprint density at radius 3 is 2.76 bits per heavy atom. The van der Waals surface area contributed by atoms with Gasteiger partial charge < -0.3 is 5.11 Å². The molecule has 0 amide bonds. The average Bonchev–Trinajstić information content (AvgIpc) is 2.83. The molecule has 1 aliphatic carbocycles. The van der Waals surface area contributed by atoms with E-state index in [4.69, 9.17) is 5.11 Å². The molecule has 0 aliphatic heterocycles. The monoisotopic (exact) mass is 393 g/mol. The molecule has 8 heteroatoms. The van der Waals surface area contributed by atoms with Crippen LogP contribution in [-0.2, 0) is 10.0 Å². The van der Waals surface area contributed by atoms with E-state index in [1.807, 2.05) is 0 Å². The van der Waals surface area contributed by atoms with Gasteiger partial charge in [-0.3, -0.25) is 0 Å². The first-order valence-corrected chi connectivity index (χ1v) is 9.69. The molecule has 0 fully saturated rings. The maximum absolute atomic E-state index is 12.2. The van der Waals surface area contributed by atoms with Crippen LogP contribution in [0.5, 0.6) is 0 Å². The molecule has 0 radical (unpaired) electrons. The largest absolute Gasteiger partial charge is 0.477 e. The molecule has 1 aromatic rings. The number of carboxylic acids is 1. The number of rotatable bonds is 6. The van der Waals surface area contributed by atoms with E-state index in [1.54, 1.807) is 0 Å². The zero-order chi connectivity index (χ0) is 15.5. The van der Waals surface area contributed by atoms with Crippen LogP contribution >= 0.6 is 27.3 Å². The molecule has 0 atom stereocenters. The molecule has 1 heterocycles. The Morgan fingerprint density at radius 1 is 1.43 bits per heavy atom. The molecule has 1 aliphatic rings. The number of halogens is 1. The van der Waals surface area contributed by atoms with E-state index in [-0.39, 0.29) is 9.77 Å². The summed E-state index contributed by atoms with van der Waals surface area (Å²) in [5, 5.41) is 8.90. The lowest BCUT2D eigenvalue weighted by Gasteiger charge is -2.12. The van der Waals surface area contributed by atoms with Crippen LogP contribution in [-0.4, -0.2) is 26.0 Å². The Morgan fingerprint density at radius 2 is 2.19 bits per heavy atom. The highest BCUT2D eigenvalue weighted by molar-refractivity contribution is 9.11. The van der Waals surface area contributed by atoms with Gasteiger partial charge in [0.2, 0.25) is 10.0 Å². The lowest BCUT2D eigenvalue weighted by atomic mass is 9.97. The van der Waals surface area contributed by atoms with Crippen LogP contribution in [0.15, 0.2) is 26.4 Å². The van der Waals surface area contributed by atoms with Gasteiger partial charge in [-0.25, -0.2) is 17.9 Å². The Hall–Kier alpha value is -0.700. The molecular weight excluding hydrogens is 378 g/mol. The van der Waals surface area contributed by atoms with Crippen LogP contribution in [0.2, 0.25) is 0 Å². The topological polar surface area (TPSA) is 83.5 Å². The van der Waals surface area contributed by atoms with Gasteiger partial charge in [-0.05, 0) is 54.1 Å². The molecule has 2 rings (SSSR count). The van der Waals surface area contributed by atoms with Gasteiger partial charge in [-0.15, -0.1) is 11.3 Å². The molecule has 0 saturated heterocycles. The quantitative estimate of drug-likeness (QED) is 0.725. The van der Waals surface area contributed by atoms with Crippen molar-refractivity contribution in [3.63, 3.8) is 0 Å². The Labute approximate surface area is 136 Å². The summed E-state index contributed by atoms with van der Waals surface area (Å²) in [6.45, 7) is 0.332. The van der Waals surface area contributed by atoms with Gasteiger partial charge in [-0.2, -0.15) is 0 Å². The average molecular weight is 394 g/mol. The van der Waals surface area contributed by atoms with Crippen molar-refractivity contribution >= 4 is 43.3 Å². The Kier molecular flexibility index (Phi) is 5.59. The number of carboxylic acid groups (broad SMARTS) is 1. The summed E-state index contributed by atoms with van der Waals surface area (Å²) in [5.41, 5.74) is 1.29. The molecule has 0 bridgehead atoms.